The summed E-state index contributed by atoms with van der Waals surface area (Å²) in [6, 6.07) is 9.01. The van der Waals surface area contributed by atoms with E-state index in [1.54, 1.807) is 18.2 Å². The van der Waals surface area contributed by atoms with Crippen molar-refractivity contribution < 1.29 is 4.92 Å². The molecule has 0 bridgehead atoms. The maximum absolute atomic E-state index is 10.7. The predicted octanol–water partition coefficient (Wildman–Crippen LogP) is 4.97. The molecule has 0 radical (unpaired) electrons. The molecular formula is C12H6Cl2N2O3. The van der Waals surface area contributed by atoms with Gasteiger partial charge in [0.1, 0.15) is 10.7 Å². The number of nitro benzene ring substituents is 1. The average molecular weight is 297 g/mol. The van der Waals surface area contributed by atoms with E-state index in [4.69, 9.17) is 23.2 Å². The van der Waals surface area contributed by atoms with Crippen molar-refractivity contribution in [3.8, 4) is 11.1 Å². The fraction of sp³-hybridized carbons (Fsp3) is 0. The van der Waals surface area contributed by atoms with Crippen molar-refractivity contribution in [2.45, 2.75) is 0 Å². The molecule has 0 spiro atoms. The van der Waals surface area contributed by atoms with Gasteiger partial charge < -0.3 is 0 Å². The topological polar surface area (TPSA) is 72.6 Å². The van der Waals surface area contributed by atoms with E-state index in [-0.39, 0.29) is 21.4 Å². The van der Waals surface area contributed by atoms with Gasteiger partial charge in [0.15, 0.2) is 0 Å². The number of hydrogen-bond acceptors (Lipinski definition) is 4. The minimum absolute atomic E-state index is 0.0382. The first-order chi connectivity index (χ1) is 9.02. The zero-order chi connectivity index (χ0) is 14.0. The Morgan fingerprint density at radius 2 is 1.58 bits per heavy atom. The quantitative estimate of drug-likeness (QED) is 0.456. The number of halogens is 2. The van der Waals surface area contributed by atoms with Gasteiger partial charge >= 0.3 is 0 Å². The fourth-order valence-electron chi connectivity index (χ4n) is 1.60. The number of rotatable bonds is 3. The van der Waals surface area contributed by atoms with Crippen LogP contribution < -0.4 is 0 Å². The lowest BCUT2D eigenvalue weighted by molar-refractivity contribution is -0.384. The number of nitro groups is 1. The Hall–Kier alpha value is -1.98. The monoisotopic (exact) mass is 296 g/mol. The van der Waals surface area contributed by atoms with Gasteiger partial charge in [-0.25, -0.2) is 0 Å². The lowest BCUT2D eigenvalue weighted by atomic mass is 10.1. The molecule has 0 fully saturated rings. The smallest absolute Gasteiger partial charge is 0.258 e. The Bertz CT molecular complexity index is 674. The summed E-state index contributed by atoms with van der Waals surface area (Å²) in [4.78, 5) is 20.5. The Morgan fingerprint density at radius 1 is 1.00 bits per heavy atom. The Kier molecular flexibility index (Phi) is 3.78. The maximum atomic E-state index is 10.7. The Labute approximate surface area is 117 Å². The average Bonchev–Trinajstić information content (AvgIpc) is 2.38. The third-order valence-electron chi connectivity index (χ3n) is 2.52. The van der Waals surface area contributed by atoms with Crippen molar-refractivity contribution in [3.05, 3.63) is 61.5 Å². The lowest BCUT2D eigenvalue weighted by Crippen LogP contribution is -1.89. The van der Waals surface area contributed by atoms with E-state index >= 15 is 0 Å². The lowest BCUT2D eigenvalue weighted by Gasteiger charge is -2.04. The van der Waals surface area contributed by atoms with Crippen LogP contribution in [0.4, 0.5) is 11.4 Å². The van der Waals surface area contributed by atoms with E-state index in [2.05, 4.69) is 5.18 Å². The third kappa shape index (κ3) is 2.72. The van der Waals surface area contributed by atoms with Gasteiger partial charge in [-0.15, -0.1) is 4.91 Å². The van der Waals surface area contributed by atoms with Crippen LogP contribution in [0.25, 0.3) is 11.1 Å². The summed E-state index contributed by atoms with van der Waals surface area (Å²) in [5.41, 5.74) is 1.32. The van der Waals surface area contributed by atoms with Crippen LogP contribution in [0.1, 0.15) is 0 Å². The molecule has 0 saturated heterocycles. The van der Waals surface area contributed by atoms with Crippen LogP contribution >= 0.6 is 23.2 Å². The molecule has 2 aromatic carbocycles. The third-order valence-corrected chi connectivity index (χ3v) is 3.13. The van der Waals surface area contributed by atoms with E-state index in [1.807, 2.05) is 0 Å². The first kappa shape index (κ1) is 13.5. The molecule has 2 rings (SSSR count). The Balaban J connectivity index is 2.48. The summed E-state index contributed by atoms with van der Waals surface area (Å²) >= 11 is 11.7. The number of nitroso groups, excluding NO2 is 1. The molecule has 7 heteroatoms. The van der Waals surface area contributed by atoms with Crippen LogP contribution in [0.5, 0.6) is 0 Å². The standard InChI is InChI=1S/C12H6Cl2N2O3/c13-9-5-7(1-3-11(9)15-17)8-2-4-12(16(18)19)10(14)6-8/h1-6H. The van der Waals surface area contributed by atoms with Crippen LogP contribution in [0.15, 0.2) is 41.6 Å². The van der Waals surface area contributed by atoms with Gasteiger partial charge in [-0.1, -0.05) is 29.3 Å². The summed E-state index contributed by atoms with van der Waals surface area (Å²) in [6.07, 6.45) is 0. The molecule has 0 atom stereocenters. The molecule has 0 aliphatic rings. The molecule has 5 nitrogen and oxygen atoms in total. The van der Waals surface area contributed by atoms with E-state index in [0.717, 1.165) is 0 Å². The number of nitrogens with zero attached hydrogens (tertiary/aromatic N) is 2. The second kappa shape index (κ2) is 5.34. The number of hydrogen-bond donors (Lipinski definition) is 0. The molecule has 0 unspecified atom stereocenters. The van der Waals surface area contributed by atoms with Gasteiger partial charge in [0, 0.05) is 6.07 Å². The Morgan fingerprint density at radius 3 is 2.05 bits per heavy atom. The van der Waals surface area contributed by atoms with Gasteiger partial charge in [-0.05, 0) is 40.6 Å². The maximum Gasteiger partial charge on any atom is 0.287 e. The van der Waals surface area contributed by atoms with Gasteiger partial charge in [0.25, 0.3) is 5.69 Å². The molecular weight excluding hydrogens is 291 g/mol. The minimum atomic E-state index is -0.557. The highest BCUT2D eigenvalue weighted by Crippen LogP contribution is 2.33. The second-order valence-corrected chi connectivity index (χ2v) is 4.50. The van der Waals surface area contributed by atoms with E-state index in [1.165, 1.54) is 18.2 Å². The summed E-state index contributed by atoms with van der Waals surface area (Å²) in [7, 11) is 0. The summed E-state index contributed by atoms with van der Waals surface area (Å²) < 4.78 is 0. The van der Waals surface area contributed by atoms with Crippen LogP contribution in [-0.4, -0.2) is 4.92 Å². The molecule has 0 aliphatic carbocycles. The molecule has 0 N–H and O–H groups in total. The van der Waals surface area contributed by atoms with Crippen molar-refractivity contribution in [2.75, 3.05) is 0 Å². The van der Waals surface area contributed by atoms with Crippen LogP contribution in [0.3, 0.4) is 0 Å². The fourth-order valence-corrected chi connectivity index (χ4v) is 2.06. The largest absolute Gasteiger partial charge is 0.287 e. The predicted molar refractivity (Wildman–Crippen MR) is 74.0 cm³/mol. The van der Waals surface area contributed by atoms with Gasteiger partial charge in [-0.3, -0.25) is 10.1 Å². The first-order valence-corrected chi connectivity index (χ1v) is 5.85. The second-order valence-electron chi connectivity index (χ2n) is 3.68. The van der Waals surface area contributed by atoms with E-state index < -0.39 is 4.92 Å². The molecule has 0 aromatic heterocycles. The molecule has 96 valence electrons. The van der Waals surface area contributed by atoms with Crippen LogP contribution in [0.2, 0.25) is 10.0 Å². The zero-order valence-corrected chi connectivity index (χ0v) is 10.9. The summed E-state index contributed by atoms with van der Waals surface area (Å²) in [5.74, 6) is 0. The zero-order valence-electron chi connectivity index (χ0n) is 9.34. The first-order valence-electron chi connectivity index (χ1n) is 5.10. The molecule has 0 heterocycles. The summed E-state index contributed by atoms with van der Waals surface area (Å²) in [6.45, 7) is 0. The van der Waals surface area contributed by atoms with Crippen molar-refractivity contribution in [3.63, 3.8) is 0 Å². The molecule has 0 aliphatic heterocycles. The minimum Gasteiger partial charge on any atom is -0.258 e. The van der Waals surface area contributed by atoms with Gasteiger partial charge in [0.2, 0.25) is 0 Å². The highest BCUT2D eigenvalue weighted by molar-refractivity contribution is 6.33. The SMILES string of the molecule is O=Nc1ccc(-c2ccc([N+](=O)[O-])c(Cl)c2)cc1Cl. The van der Waals surface area contributed by atoms with Gasteiger partial charge in [0.05, 0.1) is 9.95 Å². The van der Waals surface area contributed by atoms with Crippen molar-refractivity contribution >= 4 is 34.6 Å². The van der Waals surface area contributed by atoms with Crippen molar-refractivity contribution in [1.82, 2.24) is 0 Å². The highest BCUT2D eigenvalue weighted by atomic mass is 35.5. The molecule has 0 saturated carbocycles. The van der Waals surface area contributed by atoms with Crippen LogP contribution in [-0.2, 0) is 0 Å². The van der Waals surface area contributed by atoms with E-state index in [0.29, 0.717) is 11.1 Å². The molecule has 19 heavy (non-hydrogen) atoms. The molecule has 2 aromatic rings. The summed E-state index contributed by atoms with van der Waals surface area (Å²) in [5, 5.41) is 13.7. The number of benzene rings is 2. The van der Waals surface area contributed by atoms with Gasteiger partial charge in [-0.2, -0.15) is 0 Å². The van der Waals surface area contributed by atoms with Crippen LogP contribution in [0, 0.1) is 15.0 Å². The molecule has 0 amide bonds. The van der Waals surface area contributed by atoms with Crippen molar-refractivity contribution in [2.24, 2.45) is 5.18 Å². The van der Waals surface area contributed by atoms with Crippen molar-refractivity contribution in [1.29, 1.82) is 0 Å². The highest BCUT2D eigenvalue weighted by Gasteiger charge is 2.13. The van der Waals surface area contributed by atoms with E-state index in [9.17, 15) is 15.0 Å². The normalized spacial score (nSPS) is 10.2.